The lowest BCUT2D eigenvalue weighted by atomic mass is 9.85. The van der Waals surface area contributed by atoms with Gasteiger partial charge in [-0.05, 0) is 47.9 Å². The third kappa shape index (κ3) is 1.85. The third-order valence-electron chi connectivity index (χ3n) is 6.35. The zero-order valence-corrected chi connectivity index (χ0v) is 15.3. The summed E-state index contributed by atoms with van der Waals surface area (Å²) in [6.07, 6.45) is 3.84. The zero-order valence-electron chi connectivity index (χ0n) is 15.3. The Balaban J connectivity index is 1.60. The molecule has 0 spiro atoms. The lowest BCUT2D eigenvalue weighted by molar-refractivity contribution is -0.116. The monoisotopic (exact) mass is 353 g/mol. The van der Waals surface area contributed by atoms with E-state index in [-0.39, 0.29) is 29.7 Å². The Labute approximate surface area is 157 Å². The molecular formula is C23H19N3O. The molecule has 0 amide bonds. The summed E-state index contributed by atoms with van der Waals surface area (Å²) in [7, 11) is 0. The molecule has 0 unspecified atom stereocenters. The maximum absolute atomic E-state index is 13.0. The zero-order chi connectivity index (χ0) is 18.3. The fourth-order valence-electron chi connectivity index (χ4n) is 5.54. The number of carbonyl (C=O) groups excluding carboxylic acids is 1. The molecule has 4 heteroatoms. The fraction of sp³-hybridized carbons (Fsp3) is 0.261. The van der Waals surface area contributed by atoms with Crippen LogP contribution in [0.25, 0.3) is 10.8 Å². The van der Waals surface area contributed by atoms with Gasteiger partial charge in [0.15, 0.2) is 5.78 Å². The Bertz CT molecular complexity index is 1140. The number of nitrogens with zero attached hydrogens (tertiary/aromatic N) is 3. The molecule has 1 saturated heterocycles. The first-order valence-electron chi connectivity index (χ1n) is 9.48. The van der Waals surface area contributed by atoms with Crippen molar-refractivity contribution < 1.29 is 4.79 Å². The van der Waals surface area contributed by atoms with Crippen molar-refractivity contribution in [3.63, 3.8) is 0 Å². The molecule has 3 heterocycles. The lowest BCUT2D eigenvalue weighted by Gasteiger charge is -2.33. The molecule has 4 atom stereocenters. The SMILES string of the molecule is Cc1cc(C)nc(N2[C@@H]3C=CC(=O)[C@H]2[C@@H]2c4cccc5cccc(c45)[C@@H]23)n1. The minimum Gasteiger partial charge on any atom is -0.323 e. The topological polar surface area (TPSA) is 46.1 Å². The molecule has 27 heavy (non-hydrogen) atoms. The molecule has 3 aromatic rings. The van der Waals surface area contributed by atoms with Gasteiger partial charge in [-0.15, -0.1) is 0 Å². The van der Waals surface area contributed by atoms with Crippen LogP contribution in [0, 0.1) is 13.8 Å². The van der Waals surface area contributed by atoms with Gasteiger partial charge in [-0.2, -0.15) is 0 Å². The van der Waals surface area contributed by atoms with Crippen LogP contribution in [0.2, 0.25) is 0 Å². The number of ketones is 1. The first kappa shape index (κ1) is 15.1. The summed E-state index contributed by atoms with van der Waals surface area (Å²) in [6, 6.07) is 14.9. The van der Waals surface area contributed by atoms with E-state index >= 15 is 0 Å². The van der Waals surface area contributed by atoms with Crippen molar-refractivity contribution in [2.24, 2.45) is 0 Å². The van der Waals surface area contributed by atoms with Crippen LogP contribution in [-0.2, 0) is 4.79 Å². The van der Waals surface area contributed by atoms with Crippen molar-refractivity contribution >= 4 is 22.5 Å². The van der Waals surface area contributed by atoms with E-state index < -0.39 is 0 Å². The molecule has 2 aliphatic heterocycles. The molecule has 0 radical (unpaired) electrons. The van der Waals surface area contributed by atoms with Crippen molar-refractivity contribution in [2.45, 2.75) is 37.8 Å². The van der Waals surface area contributed by atoms with Gasteiger partial charge < -0.3 is 4.90 Å². The van der Waals surface area contributed by atoms with Crippen molar-refractivity contribution in [1.29, 1.82) is 0 Å². The van der Waals surface area contributed by atoms with Gasteiger partial charge >= 0.3 is 0 Å². The number of benzene rings is 2. The number of fused-ring (bicyclic) bond motifs is 7. The van der Waals surface area contributed by atoms with E-state index in [0.717, 1.165) is 11.4 Å². The van der Waals surface area contributed by atoms with Crippen LogP contribution in [0.15, 0.2) is 54.6 Å². The minimum absolute atomic E-state index is 0.108. The number of anilines is 1. The molecule has 2 bridgehead atoms. The van der Waals surface area contributed by atoms with Gasteiger partial charge in [0.05, 0.1) is 6.04 Å². The molecule has 0 N–H and O–H groups in total. The normalized spacial score (nSPS) is 27.5. The van der Waals surface area contributed by atoms with Gasteiger partial charge in [0.2, 0.25) is 5.95 Å². The van der Waals surface area contributed by atoms with E-state index in [9.17, 15) is 4.79 Å². The third-order valence-corrected chi connectivity index (χ3v) is 6.35. The van der Waals surface area contributed by atoms with Gasteiger partial charge in [-0.3, -0.25) is 4.79 Å². The second kappa shape index (κ2) is 5.03. The number of aromatic nitrogens is 2. The predicted molar refractivity (Wildman–Crippen MR) is 105 cm³/mol. The van der Waals surface area contributed by atoms with Crippen molar-refractivity contribution in [3.05, 3.63) is 77.1 Å². The highest BCUT2D eigenvalue weighted by Crippen LogP contribution is 2.58. The number of hydrogen-bond acceptors (Lipinski definition) is 4. The average Bonchev–Trinajstić information content (AvgIpc) is 3.10. The first-order chi connectivity index (χ1) is 13.1. The van der Waals surface area contributed by atoms with Crippen LogP contribution < -0.4 is 4.90 Å². The second-order valence-electron chi connectivity index (χ2n) is 7.90. The van der Waals surface area contributed by atoms with E-state index in [2.05, 4.69) is 47.4 Å². The van der Waals surface area contributed by atoms with E-state index in [1.807, 2.05) is 19.9 Å². The summed E-state index contributed by atoms with van der Waals surface area (Å²) in [5.41, 5.74) is 4.53. The highest BCUT2D eigenvalue weighted by atomic mass is 16.1. The maximum atomic E-state index is 13.0. The summed E-state index contributed by atoms with van der Waals surface area (Å²) >= 11 is 0. The standard InChI is InChI=1S/C23H19N3O/c1-12-11-13(2)25-23(24-12)26-17-9-10-18(27)22(26)21-16-8-4-6-14-5-3-7-15(19(14)16)20(17)21/h3-11,17,20-22H,1-2H3/t17-,20-,21-,22+/m1/s1. The predicted octanol–water partition coefficient (Wildman–Crippen LogP) is 3.82. The second-order valence-corrected chi connectivity index (χ2v) is 7.90. The van der Waals surface area contributed by atoms with E-state index in [1.54, 1.807) is 6.08 Å². The van der Waals surface area contributed by atoms with Crippen molar-refractivity contribution in [1.82, 2.24) is 9.97 Å². The minimum atomic E-state index is -0.232. The summed E-state index contributed by atoms with van der Waals surface area (Å²) in [5, 5.41) is 2.61. The Morgan fingerprint density at radius 3 is 2.30 bits per heavy atom. The van der Waals surface area contributed by atoms with Gasteiger partial charge in [-0.25, -0.2) is 9.97 Å². The van der Waals surface area contributed by atoms with Gasteiger partial charge in [-0.1, -0.05) is 42.5 Å². The number of aryl methyl sites for hydroxylation is 2. The van der Waals surface area contributed by atoms with Gasteiger partial charge in [0, 0.05) is 23.2 Å². The molecule has 6 rings (SSSR count). The molecule has 4 nitrogen and oxygen atoms in total. The van der Waals surface area contributed by atoms with Crippen LogP contribution in [-0.4, -0.2) is 27.8 Å². The van der Waals surface area contributed by atoms with Crippen LogP contribution >= 0.6 is 0 Å². The van der Waals surface area contributed by atoms with Crippen LogP contribution in [0.1, 0.15) is 34.4 Å². The van der Waals surface area contributed by atoms with E-state index in [1.165, 1.54) is 21.9 Å². The number of hydrogen-bond donors (Lipinski definition) is 0. The van der Waals surface area contributed by atoms with Crippen molar-refractivity contribution in [2.75, 3.05) is 4.90 Å². The van der Waals surface area contributed by atoms with E-state index in [4.69, 9.17) is 9.97 Å². The average molecular weight is 353 g/mol. The van der Waals surface area contributed by atoms with Crippen LogP contribution in [0.5, 0.6) is 0 Å². The smallest absolute Gasteiger partial charge is 0.226 e. The molecule has 2 aromatic carbocycles. The van der Waals surface area contributed by atoms with Crippen molar-refractivity contribution in [3.8, 4) is 0 Å². The summed E-state index contributed by atoms with van der Waals surface area (Å²) < 4.78 is 0. The summed E-state index contributed by atoms with van der Waals surface area (Å²) in [5.74, 6) is 1.26. The largest absolute Gasteiger partial charge is 0.323 e. The number of rotatable bonds is 1. The van der Waals surface area contributed by atoms with Gasteiger partial charge in [0.25, 0.3) is 0 Å². The Kier molecular flexibility index (Phi) is 2.81. The lowest BCUT2D eigenvalue weighted by Crippen LogP contribution is -2.45. The molecule has 1 aliphatic carbocycles. The molecule has 3 aliphatic rings. The fourth-order valence-corrected chi connectivity index (χ4v) is 5.54. The van der Waals surface area contributed by atoms with Crippen LogP contribution in [0.4, 0.5) is 5.95 Å². The molecule has 1 fully saturated rings. The Morgan fingerprint density at radius 1 is 0.926 bits per heavy atom. The molecule has 1 aromatic heterocycles. The summed E-state index contributed by atoms with van der Waals surface area (Å²) in [6.45, 7) is 3.97. The molecular weight excluding hydrogens is 334 g/mol. The Morgan fingerprint density at radius 2 is 1.59 bits per heavy atom. The number of carbonyl (C=O) groups is 1. The first-order valence-corrected chi connectivity index (χ1v) is 9.48. The highest BCUT2D eigenvalue weighted by molar-refractivity contribution is 6.03. The molecule has 0 saturated carbocycles. The summed E-state index contributed by atoms with van der Waals surface area (Å²) in [4.78, 5) is 24.6. The Hall–Kier alpha value is -3.01. The van der Waals surface area contributed by atoms with E-state index in [0.29, 0.717) is 5.95 Å². The maximum Gasteiger partial charge on any atom is 0.226 e. The molecule has 132 valence electrons. The van der Waals surface area contributed by atoms with Gasteiger partial charge in [0.1, 0.15) is 6.04 Å². The quantitative estimate of drug-likeness (QED) is 0.667. The highest BCUT2D eigenvalue weighted by Gasteiger charge is 2.57. The van der Waals surface area contributed by atoms with Crippen LogP contribution in [0.3, 0.4) is 0 Å².